The molecule has 2 aliphatic heterocycles. The average molecular weight is 312 g/mol. The topological polar surface area (TPSA) is 78.1 Å². The summed E-state index contributed by atoms with van der Waals surface area (Å²) < 4.78 is 27.7. The molecule has 0 saturated carbocycles. The van der Waals surface area contributed by atoms with E-state index in [0.29, 0.717) is 29.2 Å². The molecule has 2 saturated heterocycles. The van der Waals surface area contributed by atoms with Crippen molar-refractivity contribution in [3.63, 3.8) is 0 Å². The van der Waals surface area contributed by atoms with Gasteiger partial charge in [0.05, 0.1) is 11.9 Å². The molecular weight excluding hydrogens is 288 g/mol. The Morgan fingerprint density at radius 1 is 1.33 bits per heavy atom. The van der Waals surface area contributed by atoms with Crippen LogP contribution in [0.4, 0.5) is 0 Å². The quantitative estimate of drug-likeness (QED) is 0.861. The molecule has 2 unspecified atom stereocenters. The number of aromatic nitrogens is 2. The van der Waals surface area contributed by atoms with Gasteiger partial charge in [-0.3, -0.25) is 5.10 Å². The number of sulfonamides is 1. The van der Waals surface area contributed by atoms with E-state index >= 15 is 0 Å². The largest absolute Gasteiger partial charge is 0.311 e. The number of nitrogens with one attached hydrogen (secondary N) is 2. The van der Waals surface area contributed by atoms with Crippen LogP contribution in [0.2, 0.25) is 0 Å². The molecule has 3 heterocycles. The van der Waals surface area contributed by atoms with Crippen molar-refractivity contribution in [2.45, 2.75) is 69.0 Å². The van der Waals surface area contributed by atoms with Gasteiger partial charge in [-0.25, -0.2) is 8.42 Å². The standard InChI is InChI=1S/C14H24N4O2S/c1-3-6-18(13-7-11-4-5-12(8-13)16-11)21(19,20)14-9-15-17-10(14)2/h9,11-13,16H,3-8H2,1-2H3,(H,15,17). The molecule has 118 valence electrons. The third-order valence-electron chi connectivity index (χ3n) is 4.67. The summed E-state index contributed by atoms with van der Waals surface area (Å²) in [5, 5.41) is 10.2. The molecule has 3 rings (SSSR count). The molecule has 6 nitrogen and oxygen atoms in total. The Hall–Kier alpha value is -0.920. The molecule has 2 aliphatic rings. The van der Waals surface area contributed by atoms with Crippen LogP contribution in [0.1, 0.15) is 44.7 Å². The van der Waals surface area contributed by atoms with E-state index in [4.69, 9.17) is 0 Å². The molecule has 2 fully saturated rings. The highest BCUT2D eigenvalue weighted by molar-refractivity contribution is 7.89. The smallest absolute Gasteiger partial charge is 0.246 e. The highest BCUT2D eigenvalue weighted by Crippen LogP contribution is 2.32. The highest BCUT2D eigenvalue weighted by Gasteiger charge is 2.40. The third-order valence-corrected chi connectivity index (χ3v) is 6.74. The van der Waals surface area contributed by atoms with Gasteiger partial charge < -0.3 is 5.32 Å². The summed E-state index contributed by atoms with van der Waals surface area (Å²) in [5.74, 6) is 0. The number of rotatable bonds is 5. The lowest BCUT2D eigenvalue weighted by molar-refractivity contribution is 0.226. The summed E-state index contributed by atoms with van der Waals surface area (Å²) in [6.45, 7) is 4.37. The van der Waals surface area contributed by atoms with Gasteiger partial charge in [0.15, 0.2) is 0 Å². The number of hydrogen-bond acceptors (Lipinski definition) is 4. The van der Waals surface area contributed by atoms with Crippen molar-refractivity contribution < 1.29 is 8.42 Å². The van der Waals surface area contributed by atoms with Crippen LogP contribution < -0.4 is 5.32 Å². The highest BCUT2D eigenvalue weighted by atomic mass is 32.2. The molecule has 0 aromatic carbocycles. The minimum absolute atomic E-state index is 0.114. The van der Waals surface area contributed by atoms with Gasteiger partial charge in [-0.05, 0) is 39.0 Å². The Morgan fingerprint density at radius 3 is 2.52 bits per heavy atom. The van der Waals surface area contributed by atoms with Gasteiger partial charge >= 0.3 is 0 Å². The third kappa shape index (κ3) is 2.74. The summed E-state index contributed by atoms with van der Waals surface area (Å²) >= 11 is 0. The molecule has 2 N–H and O–H groups in total. The number of aryl methyl sites for hydroxylation is 1. The molecule has 1 aromatic rings. The van der Waals surface area contributed by atoms with Crippen LogP contribution in [-0.2, 0) is 10.0 Å². The van der Waals surface area contributed by atoms with Gasteiger partial charge in [-0.2, -0.15) is 9.40 Å². The maximum absolute atomic E-state index is 13.0. The maximum Gasteiger partial charge on any atom is 0.246 e. The maximum atomic E-state index is 13.0. The second-order valence-electron chi connectivity index (χ2n) is 6.24. The lowest BCUT2D eigenvalue weighted by Crippen LogP contribution is -2.50. The van der Waals surface area contributed by atoms with Gasteiger partial charge in [0.1, 0.15) is 4.90 Å². The van der Waals surface area contributed by atoms with E-state index in [9.17, 15) is 8.42 Å². The number of nitrogens with zero attached hydrogens (tertiary/aromatic N) is 2. The van der Waals surface area contributed by atoms with Crippen LogP contribution in [0, 0.1) is 6.92 Å². The number of aromatic amines is 1. The lowest BCUT2D eigenvalue weighted by Gasteiger charge is -2.36. The van der Waals surface area contributed by atoms with Crippen LogP contribution in [-0.4, -0.2) is 47.6 Å². The van der Waals surface area contributed by atoms with Crippen LogP contribution >= 0.6 is 0 Å². The van der Waals surface area contributed by atoms with Crippen molar-refractivity contribution in [2.75, 3.05) is 6.54 Å². The van der Waals surface area contributed by atoms with Crippen molar-refractivity contribution >= 4 is 10.0 Å². The first-order valence-corrected chi connectivity index (χ1v) is 9.24. The fourth-order valence-corrected chi connectivity index (χ4v) is 5.57. The second kappa shape index (κ2) is 5.70. The summed E-state index contributed by atoms with van der Waals surface area (Å²) in [6, 6.07) is 1.07. The molecule has 21 heavy (non-hydrogen) atoms. The first-order chi connectivity index (χ1) is 10.0. The van der Waals surface area contributed by atoms with Gasteiger partial charge in [0.2, 0.25) is 10.0 Å². The first-order valence-electron chi connectivity index (χ1n) is 7.80. The molecule has 0 radical (unpaired) electrons. The van der Waals surface area contributed by atoms with Crippen molar-refractivity contribution in [2.24, 2.45) is 0 Å². The van der Waals surface area contributed by atoms with E-state index in [-0.39, 0.29) is 6.04 Å². The lowest BCUT2D eigenvalue weighted by atomic mass is 10.00. The summed E-state index contributed by atoms with van der Waals surface area (Å²) in [4.78, 5) is 0.321. The van der Waals surface area contributed by atoms with E-state index in [1.807, 2.05) is 6.92 Å². The molecule has 0 amide bonds. The second-order valence-corrected chi connectivity index (χ2v) is 8.10. The first kappa shape index (κ1) is 15.0. The zero-order valence-corrected chi connectivity index (χ0v) is 13.5. The van der Waals surface area contributed by atoms with E-state index < -0.39 is 10.0 Å². The Kier molecular flexibility index (Phi) is 4.07. The van der Waals surface area contributed by atoms with Crippen molar-refractivity contribution in [1.29, 1.82) is 0 Å². The van der Waals surface area contributed by atoms with Gasteiger partial charge in [-0.1, -0.05) is 6.92 Å². The molecular formula is C14H24N4O2S. The Morgan fingerprint density at radius 2 is 2.00 bits per heavy atom. The van der Waals surface area contributed by atoms with Gasteiger partial charge in [-0.15, -0.1) is 0 Å². The molecule has 7 heteroatoms. The molecule has 1 aromatic heterocycles. The molecule has 0 spiro atoms. The summed E-state index contributed by atoms with van der Waals surface area (Å²) in [6.07, 6.45) is 6.45. The molecule has 0 aliphatic carbocycles. The Balaban J connectivity index is 1.89. The number of hydrogen-bond donors (Lipinski definition) is 2. The minimum Gasteiger partial charge on any atom is -0.311 e. The SMILES string of the molecule is CCCN(C1CC2CCC(C1)N2)S(=O)(=O)c1cn[nH]c1C. The van der Waals surface area contributed by atoms with Gasteiger partial charge in [0.25, 0.3) is 0 Å². The van der Waals surface area contributed by atoms with Crippen LogP contribution in [0.5, 0.6) is 0 Å². The fourth-order valence-electron chi connectivity index (χ4n) is 3.71. The normalized spacial score (nSPS) is 29.2. The fraction of sp³-hybridized carbons (Fsp3) is 0.786. The Labute approximate surface area is 126 Å². The minimum atomic E-state index is -3.46. The molecule has 2 bridgehead atoms. The van der Waals surface area contributed by atoms with Gasteiger partial charge in [0, 0.05) is 24.7 Å². The summed E-state index contributed by atoms with van der Waals surface area (Å²) in [7, 11) is -3.46. The van der Waals surface area contributed by atoms with Crippen LogP contribution in [0.3, 0.4) is 0 Å². The summed E-state index contributed by atoms with van der Waals surface area (Å²) in [5.41, 5.74) is 0.619. The number of fused-ring (bicyclic) bond motifs is 2. The zero-order chi connectivity index (χ0) is 15.0. The van der Waals surface area contributed by atoms with E-state index in [1.165, 1.54) is 19.0 Å². The average Bonchev–Trinajstić information content (AvgIpc) is 3.02. The van der Waals surface area contributed by atoms with Crippen molar-refractivity contribution in [3.8, 4) is 0 Å². The van der Waals surface area contributed by atoms with Crippen molar-refractivity contribution in [3.05, 3.63) is 11.9 Å². The number of H-pyrrole nitrogens is 1. The predicted octanol–water partition coefficient (Wildman–Crippen LogP) is 1.40. The van der Waals surface area contributed by atoms with E-state index in [2.05, 4.69) is 15.5 Å². The number of piperidine rings is 1. The molecule has 2 atom stereocenters. The van der Waals surface area contributed by atoms with Crippen LogP contribution in [0.15, 0.2) is 11.1 Å². The van der Waals surface area contributed by atoms with E-state index in [1.54, 1.807) is 11.2 Å². The zero-order valence-electron chi connectivity index (χ0n) is 12.7. The Bertz CT molecular complexity index is 586. The van der Waals surface area contributed by atoms with E-state index in [0.717, 1.165) is 19.3 Å². The monoisotopic (exact) mass is 312 g/mol. The predicted molar refractivity (Wildman–Crippen MR) is 80.5 cm³/mol. The van der Waals surface area contributed by atoms with Crippen LogP contribution in [0.25, 0.3) is 0 Å². The van der Waals surface area contributed by atoms with Crippen molar-refractivity contribution in [1.82, 2.24) is 19.8 Å².